The molecule has 2 atom stereocenters. The summed E-state index contributed by atoms with van der Waals surface area (Å²) in [4.78, 5) is 50.4. The Hall–Kier alpha value is -2.74. The minimum absolute atomic E-state index is 0.115. The minimum Gasteiger partial charge on any atom is -0.382 e. The van der Waals surface area contributed by atoms with E-state index in [0.29, 0.717) is 16.8 Å². The van der Waals surface area contributed by atoms with Crippen molar-refractivity contribution in [2.45, 2.75) is 44.2 Å². The fraction of sp³-hybridized carbons (Fsp3) is 0.474. The van der Waals surface area contributed by atoms with Crippen LogP contribution in [0.15, 0.2) is 18.2 Å². The molecular formula is C19H22N4O4. The van der Waals surface area contributed by atoms with Gasteiger partial charge in [-0.05, 0) is 50.9 Å². The van der Waals surface area contributed by atoms with E-state index in [1.165, 1.54) is 0 Å². The molecule has 2 unspecified atom stereocenters. The number of carbonyl (C=O) groups is 4. The lowest BCUT2D eigenvalue weighted by Crippen LogP contribution is -2.54. The molecule has 1 aromatic rings. The Morgan fingerprint density at radius 3 is 2.67 bits per heavy atom. The van der Waals surface area contributed by atoms with Gasteiger partial charge >= 0.3 is 0 Å². The van der Waals surface area contributed by atoms with Crippen molar-refractivity contribution in [2.24, 2.45) is 0 Å². The summed E-state index contributed by atoms with van der Waals surface area (Å²) in [5.74, 6) is -1.92. The van der Waals surface area contributed by atoms with E-state index in [2.05, 4.69) is 16.0 Å². The van der Waals surface area contributed by atoms with Crippen LogP contribution in [0.2, 0.25) is 0 Å². The van der Waals surface area contributed by atoms with Crippen molar-refractivity contribution in [1.29, 1.82) is 0 Å². The van der Waals surface area contributed by atoms with Gasteiger partial charge in [0.05, 0.1) is 11.1 Å². The summed E-state index contributed by atoms with van der Waals surface area (Å²) < 4.78 is 0. The predicted octanol–water partition coefficient (Wildman–Crippen LogP) is 0.642. The molecule has 27 heavy (non-hydrogen) atoms. The van der Waals surface area contributed by atoms with E-state index in [1.54, 1.807) is 18.2 Å². The summed E-state index contributed by atoms with van der Waals surface area (Å²) in [5.41, 5.74) is 1.26. The normalized spacial score (nSPS) is 25.9. The highest BCUT2D eigenvalue weighted by atomic mass is 16.2. The molecule has 0 saturated carbocycles. The third-order valence-electron chi connectivity index (χ3n) is 5.40. The standard InChI is InChI=1S/C19H22N4O4/c24-15-7-6-14(17(25)22-15)23-18(26)12-4-1-5-13(16(12)19(23)27)21-11-3-2-9-20-10-8-11/h1,4-5,11,14,20-21H,2-3,6-10H2,(H,22,24,25). The molecule has 0 aromatic heterocycles. The van der Waals surface area contributed by atoms with E-state index in [4.69, 9.17) is 0 Å². The Morgan fingerprint density at radius 2 is 1.85 bits per heavy atom. The van der Waals surface area contributed by atoms with E-state index >= 15 is 0 Å². The van der Waals surface area contributed by atoms with E-state index in [0.717, 1.165) is 37.3 Å². The first-order chi connectivity index (χ1) is 13.1. The molecule has 0 spiro atoms. The molecule has 142 valence electrons. The number of imide groups is 2. The van der Waals surface area contributed by atoms with Crippen LogP contribution in [0.5, 0.6) is 0 Å². The lowest BCUT2D eigenvalue weighted by Gasteiger charge is -2.28. The van der Waals surface area contributed by atoms with Gasteiger partial charge in [0.2, 0.25) is 11.8 Å². The lowest BCUT2D eigenvalue weighted by atomic mass is 10.0. The molecule has 3 N–H and O–H groups in total. The topological polar surface area (TPSA) is 108 Å². The number of rotatable bonds is 3. The van der Waals surface area contributed by atoms with Crippen LogP contribution in [0.25, 0.3) is 0 Å². The van der Waals surface area contributed by atoms with Gasteiger partial charge in [0.25, 0.3) is 11.8 Å². The van der Waals surface area contributed by atoms with Crippen LogP contribution in [0, 0.1) is 0 Å². The fourth-order valence-electron chi connectivity index (χ4n) is 4.02. The van der Waals surface area contributed by atoms with E-state index in [1.807, 2.05) is 0 Å². The molecule has 8 heteroatoms. The Morgan fingerprint density at radius 1 is 1.00 bits per heavy atom. The highest BCUT2D eigenvalue weighted by Gasteiger charge is 2.45. The number of hydrogen-bond acceptors (Lipinski definition) is 6. The van der Waals surface area contributed by atoms with Crippen molar-refractivity contribution in [1.82, 2.24) is 15.5 Å². The van der Waals surface area contributed by atoms with Crippen LogP contribution in [0.1, 0.15) is 52.8 Å². The number of hydrogen-bond donors (Lipinski definition) is 3. The highest BCUT2D eigenvalue weighted by Crippen LogP contribution is 2.33. The molecule has 4 rings (SSSR count). The van der Waals surface area contributed by atoms with Crippen LogP contribution >= 0.6 is 0 Å². The van der Waals surface area contributed by atoms with Crippen molar-refractivity contribution in [3.8, 4) is 0 Å². The highest BCUT2D eigenvalue weighted by molar-refractivity contribution is 6.25. The number of fused-ring (bicyclic) bond motifs is 1. The van der Waals surface area contributed by atoms with Crippen molar-refractivity contribution < 1.29 is 19.2 Å². The van der Waals surface area contributed by atoms with Gasteiger partial charge in [-0.25, -0.2) is 0 Å². The second-order valence-electron chi connectivity index (χ2n) is 7.20. The predicted molar refractivity (Wildman–Crippen MR) is 97.2 cm³/mol. The SMILES string of the molecule is O=C1CCC(N2C(=O)c3cccc(NC4CCCNCC4)c3C2=O)C(=O)N1. The zero-order valence-corrected chi connectivity index (χ0v) is 14.9. The Kier molecular flexibility index (Phi) is 4.65. The molecule has 3 heterocycles. The van der Waals surface area contributed by atoms with Gasteiger partial charge in [-0.3, -0.25) is 29.4 Å². The summed E-state index contributed by atoms with van der Waals surface area (Å²) in [6, 6.07) is 4.44. The van der Waals surface area contributed by atoms with Gasteiger partial charge in [0, 0.05) is 18.2 Å². The smallest absolute Gasteiger partial charge is 0.264 e. The number of benzene rings is 1. The maximum absolute atomic E-state index is 13.1. The Bertz CT molecular complexity index is 814. The number of carbonyl (C=O) groups excluding carboxylic acids is 4. The summed E-state index contributed by atoms with van der Waals surface area (Å²) in [6.07, 6.45) is 3.23. The van der Waals surface area contributed by atoms with Crippen molar-refractivity contribution >= 4 is 29.3 Å². The quantitative estimate of drug-likeness (QED) is 0.674. The van der Waals surface area contributed by atoms with Crippen molar-refractivity contribution in [2.75, 3.05) is 18.4 Å². The first kappa shape index (κ1) is 17.7. The zero-order chi connectivity index (χ0) is 19.0. The second kappa shape index (κ2) is 7.11. The third kappa shape index (κ3) is 3.21. The first-order valence-corrected chi connectivity index (χ1v) is 9.38. The maximum atomic E-state index is 13.1. The summed E-state index contributed by atoms with van der Waals surface area (Å²) in [7, 11) is 0. The average Bonchev–Trinajstić information content (AvgIpc) is 2.82. The summed E-state index contributed by atoms with van der Waals surface area (Å²) in [6.45, 7) is 1.88. The third-order valence-corrected chi connectivity index (χ3v) is 5.40. The van der Waals surface area contributed by atoms with Crippen LogP contribution < -0.4 is 16.0 Å². The second-order valence-corrected chi connectivity index (χ2v) is 7.20. The summed E-state index contributed by atoms with van der Waals surface area (Å²) >= 11 is 0. The maximum Gasteiger partial charge on any atom is 0.264 e. The van der Waals surface area contributed by atoms with E-state index in [9.17, 15) is 19.2 Å². The van der Waals surface area contributed by atoms with Crippen molar-refractivity contribution in [3.63, 3.8) is 0 Å². The molecule has 8 nitrogen and oxygen atoms in total. The van der Waals surface area contributed by atoms with Crippen LogP contribution in [0.3, 0.4) is 0 Å². The Balaban J connectivity index is 1.61. The van der Waals surface area contributed by atoms with Gasteiger partial charge < -0.3 is 10.6 Å². The van der Waals surface area contributed by atoms with Gasteiger partial charge in [-0.1, -0.05) is 6.07 Å². The summed E-state index contributed by atoms with van der Waals surface area (Å²) in [5, 5.41) is 8.98. The largest absolute Gasteiger partial charge is 0.382 e. The molecule has 2 fully saturated rings. The number of nitrogens with one attached hydrogen (secondary N) is 3. The number of piperidine rings is 1. The van der Waals surface area contributed by atoms with Crippen LogP contribution in [-0.4, -0.2) is 53.7 Å². The average molecular weight is 370 g/mol. The van der Waals surface area contributed by atoms with E-state index in [-0.39, 0.29) is 24.8 Å². The van der Waals surface area contributed by atoms with Gasteiger partial charge in [-0.2, -0.15) is 0 Å². The molecule has 3 aliphatic heterocycles. The zero-order valence-electron chi connectivity index (χ0n) is 14.9. The van der Waals surface area contributed by atoms with Gasteiger partial charge in [0.15, 0.2) is 0 Å². The van der Waals surface area contributed by atoms with Gasteiger partial charge in [0.1, 0.15) is 6.04 Å². The molecule has 3 aliphatic rings. The van der Waals surface area contributed by atoms with Gasteiger partial charge in [-0.15, -0.1) is 0 Å². The lowest BCUT2D eigenvalue weighted by molar-refractivity contribution is -0.136. The molecule has 0 bridgehead atoms. The first-order valence-electron chi connectivity index (χ1n) is 9.38. The van der Waals surface area contributed by atoms with Crippen molar-refractivity contribution in [3.05, 3.63) is 29.3 Å². The molecule has 0 aliphatic carbocycles. The molecule has 0 radical (unpaired) electrons. The number of nitrogens with zero attached hydrogens (tertiary/aromatic N) is 1. The molecule has 4 amide bonds. The number of anilines is 1. The van der Waals surface area contributed by atoms with Crippen LogP contribution in [0.4, 0.5) is 5.69 Å². The molecule has 1 aromatic carbocycles. The molecule has 2 saturated heterocycles. The van der Waals surface area contributed by atoms with E-state index < -0.39 is 23.8 Å². The fourth-order valence-corrected chi connectivity index (χ4v) is 4.02. The van der Waals surface area contributed by atoms with Crippen LogP contribution in [-0.2, 0) is 9.59 Å². The monoisotopic (exact) mass is 370 g/mol. The number of amides is 4. The molecular weight excluding hydrogens is 348 g/mol. The Labute approximate surface area is 156 Å². The minimum atomic E-state index is -0.940.